The van der Waals surface area contributed by atoms with Gasteiger partial charge in [0.15, 0.2) is 11.6 Å². The van der Waals surface area contributed by atoms with Crippen LogP contribution < -0.4 is 9.80 Å². The number of aromatic nitrogens is 1. The first kappa shape index (κ1) is 19.7. The van der Waals surface area contributed by atoms with Gasteiger partial charge in [0, 0.05) is 19.0 Å². The summed E-state index contributed by atoms with van der Waals surface area (Å²) in [5.41, 5.74) is 0.833. The van der Waals surface area contributed by atoms with Crippen LogP contribution in [0.1, 0.15) is 26.3 Å². The van der Waals surface area contributed by atoms with E-state index in [4.69, 9.17) is 14.0 Å². The van der Waals surface area contributed by atoms with Crippen molar-refractivity contribution in [3.8, 4) is 0 Å². The number of hydrogen-bond acceptors (Lipinski definition) is 8. The number of ether oxygens (including phenoxy) is 2. The van der Waals surface area contributed by atoms with E-state index in [1.807, 2.05) is 39.3 Å². The zero-order valence-electron chi connectivity index (χ0n) is 18.1. The molecule has 2 fully saturated rings. The molecule has 1 aromatic carbocycles. The molecule has 2 aromatic rings. The SMILES string of the molecule is C[C@@H]1COC(=O)N1c1noc2c(F)c3c(cc12)CC1(C=NCN=C1)[C@@H]1[C@@H](C)O[C@@H](C)CN31. The highest BCUT2D eigenvalue weighted by molar-refractivity contribution is 6.02. The fraction of sp³-hybridized carbons (Fsp3) is 0.545. The van der Waals surface area contributed by atoms with Crippen molar-refractivity contribution in [1.29, 1.82) is 0 Å². The Labute approximate surface area is 183 Å². The second-order valence-corrected chi connectivity index (χ2v) is 9.18. The molecule has 6 rings (SSSR count). The van der Waals surface area contributed by atoms with Crippen molar-refractivity contribution < 1.29 is 23.2 Å². The Morgan fingerprint density at radius 3 is 2.72 bits per heavy atom. The van der Waals surface area contributed by atoms with Crippen LogP contribution in [0, 0.1) is 11.2 Å². The smallest absolute Gasteiger partial charge is 0.416 e. The standard InChI is InChI=1S/C22H24FN5O4/c1-11-7-30-21(29)28(11)20-15-4-14-5-22(8-24-10-25-9-22)19-13(3)31-12(2)6-27(19)17(14)16(23)18(15)32-26-20/h4,8-9,11-13,19H,5-7,10H2,1-3H3/t11-,12+,13-,19+/m1/s1. The summed E-state index contributed by atoms with van der Waals surface area (Å²) in [7, 11) is 0. The zero-order chi connectivity index (χ0) is 22.2. The molecule has 0 unspecified atom stereocenters. The molecule has 1 aromatic heterocycles. The Hall–Kier alpha value is -3.01. The van der Waals surface area contributed by atoms with E-state index in [1.54, 1.807) is 0 Å². The number of carbonyl (C=O) groups is 1. The third-order valence-electron chi connectivity index (χ3n) is 6.89. The van der Waals surface area contributed by atoms with Crippen molar-refractivity contribution in [1.82, 2.24) is 5.16 Å². The minimum Gasteiger partial charge on any atom is -0.447 e. The molecule has 0 radical (unpaired) electrons. The molecule has 4 aliphatic heterocycles. The van der Waals surface area contributed by atoms with Gasteiger partial charge in [-0.25, -0.2) is 9.18 Å². The average Bonchev–Trinajstić information content (AvgIpc) is 3.30. The van der Waals surface area contributed by atoms with E-state index >= 15 is 4.39 Å². The quantitative estimate of drug-likeness (QED) is 0.676. The minimum absolute atomic E-state index is 0.0399. The van der Waals surface area contributed by atoms with E-state index in [9.17, 15) is 4.79 Å². The number of benzene rings is 1. The van der Waals surface area contributed by atoms with Crippen molar-refractivity contribution >= 4 is 41.0 Å². The fourth-order valence-corrected chi connectivity index (χ4v) is 5.76. The third kappa shape index (κ3) is 2.58. The lowest BCUT2D eigenvalue weighted by Gasteiger charge is -2.54. The Morgan fingerprint density at radius 2 is 2.00 bits per heavy atom. The number of hydrogen-bond donors (Lipinski definition) is 0. The molecule has 2 saturated heterocycles. The molecule has 5 heterocycles. The third-order valence-corrected chi connectivity index (χ3v) is 6.89. The van der Waals surface area contributed by atoms with Gasteiger partial charge in [-0.15, -0.1) is 0 Å². The molecule has 0 saturated carbocycles. The molecule has 10 heteroatoms. The summed E-state index contributed by atoms with van der Waals surface area (Å²) >= 11 is 0. The average molecular weight is 441 g/mol. The van der Waals surface area contributed by atoms with Crippen LogP contribution in [-0.4, -0.2) is 67.8 Å². The molecular formula is C22H24FN5O4. The van der Waals surface area contributed by atoms with Gasteiger partial charge in [-0.2, -0.15) is 0 Å². The van der Waals surface area contributed by atoms with Crippen molar-refractivity contribution in [2.75, 3.05) is 29.6 Å². The molecule has 32 heavy (non-hydrogen) atoms. The number of aliphatic imine (C=N–C) groups is 2. The van der Waals surface area contributed by atoms with Gasteiger partial charge < -0.3 is 18.9 Å². The molecule has 0 bridgehead atoms. The molecule has 0 N–H and O–H groups in total. The molecule has 9 nitrogen and oxygen atoms in total. The molecule has 4 aliphatic rings. The zero-order valence-corrected chi connectivity index (χ0v) is 18.1. The van der Waals surface area contributed by atoms with Crippen LogP contribution in [0.4, 0.5) is 20.7 Å². The first-order chi connectivity index (χ1) is 15.4. The lowest BCUT2D eigenvalue weighted by Crippen LogP contribution is -2.65. The number of nitrogens with zero attached hydrogens (tertiary/aromatic N) is 5. The van der Waals surface area contributed by atoms with Gasteiger partial charge >= 0.3 is 6.09 Å². The summed E-state index contributed by atoms with van der Waals surface area (Å²) in [5.74, 6) is -0.190. The summed E-state index contributed by atoms with van der Waals surface area (Å²) in [6.07, 6.45) is 3.66. The second-order valence-electron chi connectivity index (χ2n) is 9.18. The Kier molecular flexibility index (Phi) is 4.14. The van der Waals surface area contributed by atoms with E-state index < -0.39 is 17.3 Å². The number of rotatable bonds is 1. The molecule has 0 aliphatic carbocycles. The topological polar surface area (TPSA) is 92.8 Å². The number of carbonyl (C=O) groups excluding carboxylic acids is 1. The first-order valence-corrected chi connectivity index (χ1v) is 10.9. The number of anilines is 2. The monoisotopic (exact) mass is 441 g/mol. The van der Waals surface area contributed by atoms with Gasteiger partial charge in [0.05, 0.1) is 40.8 Å². The fourth-order valence-electron chi connectivity index (χ4n) is 5.76. The van der Waals surface area contributed by atoms with Gasteiger partial charge in [-0.3, -0.25) is 14.9 Å². The summed E-state index contributed by atoms with van der Waals surface area (Å²) < 4.78 is 32.7. The van der Waals surface area contributed by atoms with Crippen molar-refractivity contribution in [3.63, 3.8) is 0 Å². The van der Waals surface area contributed by atoms with Crippen molar-refractivity contribution in [2.24, 2.45) is 15.4 Å². The summed E-state index contributed by atoms with van der Waals surface area (Å²) in [4.78, 5) is 24.7. The van der Waals surface area contributed by atoms with Crippen molar-refractivity contribution in [3.05, 3.63) is 17.4 Å². The molecular weight excluding hydrogens is 417 g/mol. The lowest BCUT2D eigenvalue weighted by molar-refractivity contribution is -0.0432. The Balaban J connectivity index is 1.56. The minimum atomic E-state index is -0.512. The molecule has 1 amide bonds. The van der Waals surface area contributed by atoms with Crippen molar-refractivity contribution in [2.45, 2.75) is 51.5 Å². The summed E-state index contributed by atoms with van der Waals surface area (Å²) in [5, 5.41) is 4.52. The largest absolute Gasteiger partial charge is 0.447 e. The number of halogens is 1. The van der Waals surface area contributed by atoms with Crippen LogP contribution >= 0.6 is 0 Å². The van der Waals surface area contributed by atoms with Crippen LogP contribution in [0.3, 0.4) is 0 Å². The van der Waals surface area contributed by atoms with Gasteiger partial charge in [0.2, 0.25) is 5.58 Å². The second kappa shape index (κ2) is 6.74. The summed E-state index contributed by atoms with van der Waals surface area (Å²) in [6, 6.07) is 1.52. The van der Waals surface area contributed by atoms with Gasteiger partial charge in [0.1, 0.15) is 13.3 Å². The van der Waals surface area contributed by atoms with E-state index in [1.165, 1.54) is 4.90 Å². The van der Waals surface area contributed by atoms with E-state index in [2.05, 4.69) is 20.0 Å². The molecule has 168 valence electrons. The van der Waals surface area contributed by atoms with Gasteiger partial charge in [0.25, 0.3) is 0 Å². The molecule has 1 spiro atoms. The first-order valence-electron chi connectivity index (χ1n) is 10.9. The van der Waals surface area contributed by atoms with E-state index in [0.29, 0.717) is 30.7 Å². The highest BCUT2D eigenvalue weighted by Crippen LogP contribution is 2.48. The predicted molar refractivity (Wildman–Crippen MR) is 116 cm³/mol. The maximum absolute atomic E-state index is 16.0. The van der Waals surface area contributed by atoms with Gasteiger partial charge in [-0.05, 0) is 38.8 Å². The van der Waals surface area contributed by atoms with Crippen LogP contribution in [0.5, 0.6) is 0 Å². The molecule has 4 atom stereocenters. The Bertz CT molecular complexity index is 1160. The number of fused-ring (bicyclic) bond motifs is 5. The number of amides is 1. The highest BCUT2D eigenvalue weighted by atomic mass is 19.1. The lowest BCUT2D eigenvalue weighted by atomic mass is 9.69. The highest BCUT2D eigenvalue weighted by Gasteiger charge is 2.52. The number of cyclic esters (lactones) is 1. The summed E-state index contributed by atoms with van der Waals surface area (Å²) in [6.45, 7) is 7.03. The van der Waals surface area contributed by atoms with E-state index in [-0.39, 0.29) is 42.3 Å². The normalized spacial score (nSPS) is 30.7. The van der Waals surface area contributed by atoms with Crippen LogP contribution in [0.25, 0.3) is 11.0 Å². The predicted octanol–water partition coefficient (Wildman–Crippen LogP) is 2.95. The maximum atomic E-state index is 16.0. The maximum Gasteiger partial charge on any atom is 0.416 e. The van der Waals surface area contributed by atoms with Crippen LogP contribution in [0.2, 0.25) is 0 Å². The number of morpholine rings is 1. The van der Waals surface area contributed by atoms with E-state index in [0.717, 1.165) is 5.56 Å². The van der Waals surface area contributed by atoms with Crippen LogP contribution in [-0.2, 0) is 15.9 Å². The van der Waals surface area contributed by atoms with Crippen LogP contribution in [0.15, 0.2) is 20.6 Å². The van der Waals surface area contributed by atoms with Gasteiger partial charge in [-0.1, -0.05) is 5.16 Å². The Morgan fingerprint density at radius 1 is 1.22 bits per heavy atom.